The topological polar surface area (TPSA) is 70.8 Å². The summed E-state index contributed by atoms with van der Waals surface area (Å²) in [6.45, 7) is 29.4. The predicted molar refractivity (Wildman–Crippen MR) is 203 cm³/mol. The van der Waals surface area contributed by atoms with Gasteiger partial charge in [-0.3, -0.25) is 9.98 Å². The van der Waals surface area contributed by atoms with E-state index < -0.39 is 0 Å². The molecule has 7 heteroatoms. The van der Waals surface area contributed by atoms with Crippen molar-refractivity contribution in [1.29, 1.82) is 0 Å². The van der Waals surface area contributed by atoms with Crippen molar-refractivity contribution in [1.82, 2.24) is 0 Å². The average Bonchev–Trinajstić information content (AvgIpc) is 2.96. The molecule has 272 valence electrons. The van der Waals surface area contributed by atoms with Crippen molar-refractivity contribution in [3.05, 3.63) is 118 Å². The van der Waals surface area contributed by atoms with E-state index in [-0.39, 0.29) is 79.7 Å². The third kappa shape index (κ3) is 13.2. The van der Waals surface area contributed by atoms with Crippen molar-refractivity contribution >= 4 is 22.8 Å². The molecule has 0 N–H and O–H groups in total. The number of nitrogens with zero attached hydrogens (tertiary/aromatic N) is 2. The molecule has 4 nitrogen and oxygen atoms in total. The number of halogens is 2. The molecule has 0 unspecified atom stereocenters. The standard InChI is InChI=1S/2C22H29NO.2ClH.Ti/c2*1-15(23-17-11-9-8-10-12-17)18-13-16(21(2,3)4)14-19(20(18)24)22(5,6)7;;;/h2*8-14,24H,1-7H3;2*1H;/q;;;;+4/p-4/b2*23-15+;;;. The second-order valence-corrected chi connectivity index (χ2v) is 16.9. The van der Waals surface area contributed by atoms with Crippen LogP contribution in [0.2, 0.25) is 0 Å². The minimum absolute atomic E-state index is 0. The van der Waals surface area contributed by atoms with Gasteiger partial charge in [0.25, 0.3) is 0 Å². The van der Waals surface area contributed by atoms with Crippen molar-refractivity contribution in [2.24, 2.45) is 9.98 Å². The largest absolute Gasteiger partial charge is 4.00 e. The van der Waals surface area contributed by atoms with Crippen LogP contribution in [0.5, 0.6) is 11.5 Å². The molecule has 0 aliphatic heterocycles. The molecular weight excluding hydrogens is 707 g/mol. The van der Waals surface area contributed by atoms with Crippen molar-refractivity contribution in [2.45, 2.75) is 119 Å². The molecule has 4 aromatic carbocycles. The summed E-state index contributed by atoms with van der Waals surface area (Å²) in [4.78, 5) is 9.31. The van der Waals surface area contributed by atoms with Crippen LogP contribution in [0.1, 0.15) is 130 Å². The predicted octanol–water partition coefficient (Wildman–Crippen LogP) is 5.00. The molecule has 51 heavy (non-hydrogen) atoms. The van der Waals surface area contributed by atoms with Gasteiger partial charge in [0.05, 0.1) is 11.4 Å². The smallest absolute Gasteiger partial charge is 1.00 e. The molecule has 4 aromatic rings. The van der Waals surface area contributed by atoms with Crippen LogP contribution in [-0.2, 0) is 43.4 Å². The molecule has 4 rings (SSSR count). The van der Waals surface area contributed by atoms with Crippen LogP contribution in [0.3, 0.4) is 0 Å². The first-order valence-electron chi connectivity index (χ1n) is 16.9. The molecule has 0 amide bonds. The molecule has 0 fully saturated rings. The maximum atomic E-state index is 13.0. The Labute approximate surface area is 336 Å². The van der Waals surface area contributed by atoms with Gasteiger partial charge < -0.3 is 35.0 Å². The van der Waals surface area contributed by atoms with E-state index in [0.717, 1.165) is 33.9 Å². The van der Waals surface area contributed by atoms with Gasteiger partial charge in [-0.15, -0.1) is 0 Å². The Bertz CT molecular complexity index is 1640. The zero-order valence-corrected chi connectivity index (χ0v) is 36.1. The van der Waals surface area contributed by atoms with Gasteiger partial charge in [0.2, 0.25) is 0 Å². The van der Waals surface area contributed by atoms with Crippen LogP contribution in [-0.4, -0.2) is 11.4 Å². The minimum atomic E-state index is -0.194. The molecule has 0 aromatic heterocycles. The molecule has 0 spiro atoms. The summed E-state index contributed by atoms with van der Waals surface area (Å²) in [5.41, 5.74) is 8.30. The Morgan fingerprint density at radius 1 is 0.451 bits per heavy atom. The van der Waals surface area contributed by atoms with Crippen molar-refractivity contribution in [3.63, 3.8) is 0 Å². The summed E-state index contributed by atoms with van der Waals surface area (Å²) in [5, 5.41) is 26.1. The Kier molecular flexibility index (Phi) is 17.7. The Morgan fingerprint density at radius 3 is 0.961 bits per heavy atom. The van der Waals surface area contributed by atoms with Gasteiger partial charge in [-0.05, 0) is 93.2 Å². The second kappa shape index (κ2) is 18.7. The van der Waals surface area contributed by atoms with Crippen LogP contribution >= 0.6 is 0 Å². The van der Waals surface area contributed by atoms with E-state index in [1.807, 2.05) is 86.6 Å². The fraction of sp³-hybridized carbons (Fsp3) is 0.409. The van der Waals surface area contributed by atoms with E-state index in [2.05, 4.69) is 105 Å². The first kappa shape index (κ1) is 48.1. The van der Waals surface area contributed by atoms with Gasteiger partial charge in [0.1, 0.15) is 0 Å². The zero-order chi connectivity index (χ0) is 36.2. The van der Waals surface area contributed by atoms with Crippen molar-refractivity contribution in [3.8, 4) is 11.5 Å². The Morgan fingerprint density at radius 2 is 0.725 bits per heavy atom. The first-order chi connectivity index (χ1) is 22.0. The number of rotatable bonds is 4. The van der Waals surface area contributed by atoms with Gasteiger partial charge in [-0.25, -0.2) is 0 Å². The van der Waals surface area contributed by atoms with E-state index in [9.17, 15) is 10.2 Å². The Balaban J connectivity index is 0.000000926. The third-order valence-corrected chi connectivity index (χ3v) is 8.41. The van der Waals surface area contributed by atoms with Crippen LogP contribution < -0.4 is 35.0 Å². The van der Waals surface area contributed by atoms with Gasteiger partial charge in [0, 0.05) is 11.4 Å². The monoisotopic (exact) mass is 762 g/mol. The number of hydrogen-bond donors (Lipinski definition) is 0. The summed E-state index contributed by atoms with van der Waals surface area (Å²) in [7, 11) is 0. The SMILES string of the molecule is C/C(=N\c1ccccc1)c1cc(C(C)(C)C)cc(C(C)(C)C)c1[O-].C/C(=N\c1ccccc1)c1cc(C(C)(C)C)cc(C(C)(C)C)c1[O-].[Cl-].[Cl-].[Ti+4]. The fourth-order valence-corrected chi connectivity index (χ4v) is 5.29. The van der Waals surface area contributed by atoms with Crippen LogP contribution in [0, 0.1) is 0 Å². The summed E-state index contributed by atoms with van der Waals surface area (Å²) in [5.74, 6) is 0.181. The van der Waals surface area contributed by atoms with E-state index >= 15 is 0 Å². The maximum Gasteiger partial charge on any atom is 4.00 e. The van der Waals surface area contributed by atoms with Gasteiger partial charge >= 0.3 is 21.7 Å². The van der Waals surface area contributed by atoms with E-state index in [4.69, 9.17) is 0 Å². The average molecular weight is 764 g/mol. The Hall–Kier alpha value is -2.89. The number of benzene rings is 4. The van der Waals surface area contributed by atoms with Crippen molar-refractivity contribution < 1.29 is 56.7 Å². The number of hydrogen-bond acceptors (Lipinski definition) is 4. The van der Waals surface area contributed by atoms with Crippen LogP contribution in [0.25, 0.3) is 0 Å². The molecular formula is C44H56Cl2N2O2Ti. The van der Waals surface area contributed by atoms with Gasteiger partial charge in [0.15, 0.2) is 0 Å². The third-order valence-electron chi connectivity index (χ3n) is 8.41. The molecule has 0 aliphatic carbocycles. The van der Waals surface area contributed by atoms with E-state index in [1.165, 1.54) is 11.1 Å². The van der Waals surface area contributed by atoms with Crippen molar-refractivity contribution in [2.75, 3.05) is 0 Å². The molecule has 0 saturated carbocycles. The van der Waals surface area contributed by atoms with E-state index in [1.54, 1.807) is 0 Å². The minimum Gasteiger partial charge on any atom is -1.00 e. The number of para-hydroxylation sites is 2. The van der Waals surface area contributed by atoms with Crippen LogP contribution in [0.4, 0.5) is 11.4 Å². The summed E-state index contributed by atoms with van der Waals surface area (Å²) >= 11 is 0. The molecule has 0 aliphatic rings. The molecule has 0 radical (unpaired) electrons. The zero-order valence-electron chi connectivity index (χ0n) is 33.0. The normalized spacial score (nSPS) is 12.4. The summed E-state index contributed by atoms with van der Waals surface area (Å²) in [6, 6.07) is 27.7. The summed E-state index contributed by atoms with van der Waals surface area (Å²) < 4.78 is 0. The molecule has 0 bridgehead atoms. The van der Waals surface area contributed by atoms with Crippen LogP contribution in [0.15, 0.2) is 94.9 Å². The maximum absolute atomic E-state index is 13.0. The fourth-order valence-electron chi connectivity index (χ4n) is 5.29. The number of aliphatic imine (C=N–C) groups is 2. The molecule has 0 heterocycles. The van der Waals surface area contributed by atoms with Gasteiger partial charge in [-0.1, -0.05) is 155 Å². The quantitative estimate of drug-likeness (QED) is 0.217. The second-order valence-electron chi connectivity index (χ2n) is 16.9. The first-order valence-corrected chi connectivity index (χ1v) is 16.9. The summed E-state index contributed by atoms with van der Waals surface area (Å²) in [6.07, 6.45) is 0. The molecule has 0 atom stereocenters. The van der Waals surface area contributed by atoms with Gasteiger partial charge in [-0.2, -0.15) is 0 Å². The molecule has 0 saturated heterocycles. The van der Waals surface area contributed by atoms with E-state index in [0.29, 0.717) is 11.1 Å².